The Morgan fingerprint density at radius 3 is 2.78 bits per heavy atom. The first kappa shape index (κ1) is 16.3. The fourth-order valence-corrected chi connectivity index (χ4v) is 4.85. The molecule has 0 radical (unpaired) electrons. The van der Waals surface area contributed by atoms with Crippen LogP contribution < -0.4 is 4.72 Å². The van der Waals surface area contributed by atoms with E-state index in [-0.39, 0.29) is 10.8 Å². The summed E-state index contributed by atoms with van der Waals surface area (Å²) < 4.78 is 27.1. The summed E-state index contributed by atoms with van der Waals surface area (Å²) in [6, 6.07) is 1.58. The molecule has 1 heterocycles. The number of thiophene rings is 1. The van der Waals surface area contributed by atoms with Crippen molar-refractivity contribution in [3.8, 4) is 0 Å². The summed E-state index contributed by atoms with van der Waals surface area (Å²) in [6.07, 6.45) is 0.733. The van der Waals surface area contributed by atoms with Crippen LogP contribution in [0.4, 0.5) is 0 Å². The Hall–Kier alpha value is 0.210. The third-order valence-corrected chi connectivity index (χ3v) is 6.64. The maximum absolute atomic E-state index is 11.9. The molecule has 0 saturated carbocycles. The van der Waals surface area contributed by atoms with Gasteiger partial charge in [0.2, 0.25) is 10.0 Å². The lowest BCUT2D eigenvalue weighted by Crippen LogP contribution is -2.25. The maximum Gasteiger partial charge on any atom is 0.250 e. The normalized spacial score (nSPS) is 11.9. The molecule has 0 aliphatic heterocycles. The minimum Gasteiger partial charge on any atom is -0.396 e. The number of thioether (sulfide) groups is 1. The summed E-state index contributed by atoms with van der Waals surface area (Å²) in [4.78, 5) is 0. The molecule has 18 heavy (non-hydrogen) atoms. The van der Waals surface area contributed by atoms with E-state index >= 15 is 0 Å². The van der Waals surface area contributed by atoms with Crippen LogP contribution in [0, 0.1) is 6.92 Å². The van der Waals surface area contributed by atoms with Gasteiger partial charge in [-0.25, -0.2) is 13.1 Å². The Balaban J connectivity index is 2.41. The van der Waals surface area contributed by atoms with E-state index in [1.807, 2.05) is 0 Å². The van der Waals surface area contributed by atoms with Crippen molar-refractivity contribution in [3.05, 3.63) is 16.0 Å². The molecule has 0 bridgehead atoms. The zero-order valence-electron chi connectivity index (χ0n) is 9.98. The molecule has 4 nitrogen and oxygen atoms in total. The van der Waals surface area contributed by atoms with Gasteiger partial charge >= 0.3 is 0 Å². The predicted octanol–water partition coefficient (Wildman–Crippen LogP) is 2.10. The van der Waals surface area contributed by atoms with Crippen molar-refractivity contribution in [3.63, 3.8) is 0 Å². The van der Waals surface area contributed by atoms with E-state index in [9.17, 15) is 8.42 Å². The number of aliphatic hydroxyl groups is 1. The van der Waals surface area contributed by atoms with Crippen LogP contribution in [0.1, 0.15) is 12.0 Å². The average molecular weight is 330 g/mol. The first-order valence-corrected chi connectivity index (χ1v) is 9.25. The van der Waals surface area contributed by atoms with Crippen LogP contribution in [0.25, 0.3) is 0 Å². The third-order valence-electron chi connectivity index (χ3n) is 2.08. The van der Waals surface area contributed by atoms with Crippen LogP contribution in [-0.2, 0) is 10.0 Å². The molecule has 0 amide bonds. The monoisotopic (exact) mass is 329 g/mol. The van der Waals surface area contributed by atoms with Gasteiger partial charge in [-0.05, 0) is 30.7 Å². The second-order valence-corrected chi connectivity index (χ2v) is 8.48. The Kier molecular flexibility index (Phi) is 6.97. The van der Waals surface area contributed by atoms with Crippen LogP contribution in [-0.4, -0.2) is 38.2 Å². The smallest absolute Gasteiger partial charge is 0.250 e. The largest absolute Gasteiger partial charge is 0.396 e. The number of rotatable bonds is 8. The second-order valence-electron chi connectivity index (χ2n) is 3.61. The number of halogens is 1. The summed E-state index contributed by atoms with van der Waals surface area (Å²) in [7, 11) is -3.43. The Morgan fingerprint density at radius 2 is 2.22 bits per heavy atom. The molecule has 0 aliphatic rings. The molecular formula is C10H16ClNO3S3. The molecule has 8 heteroatoms. The molecule has 1 rings (SSSR count). The van der Waals surface area contributed by atoms with Gasteiger partial charge in [0.1, 0.15) is 4.21 Å². The van der Waals surface area contributed by atoms with E-state index < -0.39 is 10.0 Å². The summed E-state index contributed by atoms with van der Waals surface area (Å²) in [6.45, 7) is 2.33. The van der Waals surface area contributed by atoms with Gasteiger partial charge in [0, 0.05) is 18.9 Å². The van der Waals surface area contributed by atoms with Gasteiger partial charge in [-0.1, -0.05) is 11.6 Å². The summed E-state index contributed by atoms with van der Waals surface area (Å²) in [5.41, 5.74) is 0.777. The zero-order chi connectivity index (χ0) is 13.6. The van der Waals surface area contributed by atoms with Crippen molar-refractivity contribution < 1.29 is 13.5 Å². The zero-order valence-corrected chi connectivity index (χ0v) is 13.2. The van der Waals surface area contributed by atoms with Crippen molar-refractivity contribution >= 4 is 44.7 Å². The van der Waals surface area contributed by atoms with Gasteiger partial charge < -0.3 is 5.11 Å². The van der Waals surface area contributed by atoms with Crippen LogP contribution in [0.5, 0.6) is 0 Å². The highest BCUT2D eigenvalue weighted by Gasteiger charge is 2.17. The van der Waals surface area contributed by atoms with Crippen molar-refractivity contribution in [2.75, 3.05) is 24.7 Å². The Labute approximate surface area is 121 Å². The van der Waals surface area contributed by atoms with Crippen molar-refractivity contribution in [2.45, 2.75) is 17.6 Å². The molecule has 1 aromatic heterocycles. The fourth-order valence-electron chi connectivity index (χ4n) is 1.15. The van der Waals surface area contributed by atoms with E-state index in [0.717, 1.165) is 29.1 Å². The molecule has 104 valence electrons. The quantitative estimate of drug-likeness (QED) is 0.717. The van der Waals surface area contributed by atoms with E-state index in [4.69, 9.17) is 16.7 Å². The lowest BCUT2D eigenvalue weighted by atomic mass is 10.4. The fraction of sp³-hybridized carbons (Fsp3) is 0.600. The number of nitrogens with one attached hydrogen (secondary N) is 1. The predicted molar refractivity (Wildman–Crippen MR) is 78.3 cm³/mol. The van der Waals surface area contributed by atoms with Crippen LogP contribution >= 0.6 is 34.7 Å². The second kappa shape index (κ2) is 7.72. The first-order chi connectivity index (χ1) is 8.47. The molecular weight excluding hydrogens is 314 g/mol. The highest BCUT2D eigenvalue weighted by Crippen LogP contribution is 2.29. The highest BCUT2D eigenvalue weighted by atomic mass is 35.5. The molecule has 0 unspecified atom stereocenters. The van der Waals surface area contributed by atoms with Gasteiger partial charge in [0.05, 0.1) is 4.34 Å². The summed E-state index contributed by atoms with van der Waals surface area (Å²) in [5.74, 6) is 1.53. The highest BCUT2D eigenvalue weighted by molar-refractivity contribution is 7.99. The van der Waals surface area contributed by atoms with E-state index in [0.29, 0.717) is 16.6 Å². The first-order valence-electron chi connectivity index (χ1n) is 5.41. The van der Waals surface area contributed by atoms with Gasteiger partial charge in [-0.15, -0.1) is 11.3 Å². The van der Waals surface area contributed by atoms with E-state index in [2.05, 4.69) is 4.72 Å². The van der Waals surface area contributed by atoms with Crippen LogP contribution in [0.3, 0.4) is 0 Å². The van der Waals surface area contributed by atoms with Crippen LogP contribution in [0.2, 0.25) is 4.34 Å². The number of hydrogen-bond acceptors (Lipinski definition) is 5. The molecule has 0 atom stereocenters. The van der Waals surface area contributed by atoms with E-state index in [1.165, 1.54) is 0 Å². The summed E-state index contributed by atoms with van der Waals surface area (Å²) >= 11 is 8.53. The molecule has 0 aromatic carbocycles. The van der Waals surface area contributed by atoms with Crippen LogP contribution in [0.15, 0.2) is 10.3 Å². The number of aliphatic hydroxyl groups excluding tert-OH is 1. The lowest BCUT2D eigenvalue weighted by Gasteiger charge is -2.04. The molecule has 1 aromatic rings. The van der Waals surface area contributed by atoms with Crippen molar-refractivity contribution in [1.29, 1.82) is 0 Å². The van der Waals surface area contributed by atoms with Gasteiger partial charge in [-0.2, -0.15) is 11.8 Å². The van der Waals surface area contributed by atoms with Crippen molar-refractivity contribution in [2.24, 2.45) is 0 Å². The number of aryl methyl sites for hydroxylation is 1. The SMILES string of the molecule is Cc1cc(S(=O)(=O)NCCSCCCO)sc1Cl. The minimum atomic E-state index is -3.43. The average Bonchev–Trinajstić information content (AvgIpc) is 2.65. The summed E-state index contributed by atoms with van der Waals surface area (Å²) in [5, 5.41) is 8.59. The molecule has 0 fully saturated rings. The van der Waals surface area contributed by atoms with Gasteiger partial charge in [0.25, 0.3) is 0 Å². The minimum absolute atomic E-state index is 0.172. The number of sulfonamides is 1. The maximum atomic E-state index is 11.9. The lowest BCUT2D eigenvalue weighted by molar-refractivity contribution is 0.296. The molecule has 0 saturated heterocycles. The Morgan fingerprint density at radius 1 is 1.50 bits per heavy atom. The van der Waals surface area contributed by atoms with Crippen molar-refractivity contribution in [1.82, 2.24) is 4.72 Å². The molecule has 2 N–H and O–H groups in total. The van der Waals surface area contributed by atoms with Gasteiger partial charge in [-0.3, -0.25) is 0 Å². The van der Waals surface area contributed by atoms with Gasteiger partial charge in [0.15, 0.2) is 0 Å². The molecule has 0 aliphatic carbocycles. The Bertz CT molecular complexity index is 453. The topological polar surface area (TPSA) is 66.4 Å². The van der Waals surface area contributed by atoms with E-state index in [1.54, 1.807) is 24.8 Å². The number of hydrogen-bond donors (Lipinski definition) is 2. The standard InChI is InChI=1S/C10H16ClNO3S3/c1-8-7-9(17-10(8)11)18(14,15)12-3-6-16-5-2-4-13/h7,12-13H,2-6H2,1H3. The third kappa shape index (κ3) is 5.07. The molecule has 0 spiro atoms.